The van der Waals surface area contributed by atoms with E-state index in [1.165, 1.54) is 12.1 Å². The Bertz CT molecular complexity index is 756. The van der Waals surface area contributed by atoms with Crippen molar-refractivity contribution in [2.75, 3.05) is 39.3 Å². The number of piperazine rings is 1. The normalized spacial score (nSPS) is 14.7. The quantitative estimate of drug-likeness (QED) is 0.690. The van der Waals surface area contributed by atoms with E-state index in [4.69, 9.17) is 0 Å². The van der Waals surface area contributed by atoms with Crippen LogP contribution in [0.15, 0.2) is 30.5 Å². The highest BCUT2D eigenvalue weighted by molar-refractivity contribution is 5.95. The van der Waals surface area contributed by atoms with E-state index in [-0.39, 0.29) is 30.0 Å². The smallest absolute Gasteiger partial charge is 0.254 e. The number of amides is 1. The lowest BCUT2D eigenvalue weighted by atomic mass is 10.0. The number of hydrogen-bond donors (Lipinski definition) is 2. The second-order valence-electron chi connectivity index (χ2n) is 7.19. The summed E-state index contributed by atoms with van der Waals surface area (Å²) in [7, 11) is 0. The predicted molar refractivity (Wildman–Crippen MR) is 111 cm³/mol. The minimum atomic E-state index is -0.292. The van der Waals surface area contributed by atoms with E-state index in [0.29, 0.717) is 12.1 Å². The van der Waals surface area contributed by atoms with E-state index < -0.39 is 0 Å². The Labute approximate surface area is 171 Å². The summed E-state index contributed by atoms with van der Waals surface area (Å²) in [6.45, 7) is 9.89. The molecule has 3 rings (SSSR count). The number of carbonyl (C=O) groups excluding carboxylic acids is 1. The molecule has 0 unspecified atom stereocenters. The molecule has 6 nitrogen and oxygen atoms in total. The largest absolute Gasteiger partial charge is 0.352 e. The summed E-state index contributed by atoms with van der Waals surface area (Å²) >= 11 is 0. The molecule has 154 valence electrons. The van der Waals surface area contributed by atoms with Gasteiger partial charge < -0.3 is 15.5 Å². The third-order valence-corrected chi connectivity index (χ3v) is 4.82. The molecule has 0 saturated carbocycles. The number of aromatic nitrogens is 2. The number of nitrogens with one attached hydrogen (secondary N) is 2. The molecule has 1 fully saturated rings. The van der Waals surface area contributed by atoms with E-state index in [2.05, 4.69) is 20.6 Å². The summed E-state index contributed by atoms with van der Waals surface area (Å²) in [6.07, 6.45) is 2.53. The van der Waals surface area contributed by atoms with Gasteiger partial charge in [-0.1, -0.05) is 13.8 Å². The fourth-order valence-corrected chi connectivity index (χ4v) is 3.41. The third kappa shape index (κ3) is 5.53. The molecule has 2 N–H and O–H groups in total. The van der Waals surface area contributed by atoms with Gasteiger partial charge in [0, 0.05) is 32.7 Å². The molecule has 1 aromatic heterocycles. The zero-order valence-electron chi connectivity index (χ0n) is 16.4. The van der Waals surface area contributed by atoms with Crippen molar-refractivity contribution in [3.8, 4) is 5.69 Å². The Hall–Kier alpha value is -1.96. The van der Waals surface area contributed by atoms with Crippen molar-refractivity contribution in [3.63, 3.8) is 0 Å². The molecular formula is C20H29ClFN5O. The van der Waals surface area contributed by atoms with Crippen LogP contribution in [0, 0.1) is 5.82 Å². The van der Waals surface area contributed by atoms with E-state index in [0.717, 1.165) is 50.5 Å². The van der Waals surface area contributed by atoms with Crippen molar-refractivity contribution in [2.45, 2.75) is 26.2 Å². The Kier molecular flexibility index (Phi) is 8.41. The van der Waals surface area contributed by atoms with Crippen LogP contribution in [0.5, 0.6) is 0 Å². The van der Waals surface area contributed by atoms with Crippen molar-refractivity contribution in [3.05, 3.63) is 47.5 Å². The summed E-state index contributed by atoms with van der Waals surface area (Å²) in [5, 5.41) is 10.7. The first kappa shape index (κ1) is 22.3. The van der Waals surface area contributed by atoms with Crippen LogP contribution >= 0.6 is 12.4 Å². The highest BCUT2D eigenvalue weighted by Gasteiger charge is 2.20. The van der Waals surface area contributed by atoms with Gasteiger partial charge in [-0.25, -0.2) is 9.07 Å². The standard InChI is InChI=1S/C20H28FN5O.ClH/c1-15(2)19-18(14-24-26(19)17-6-4-16(21)5-7-17)20(27)23-8-3-11-25-12-9-22-10-13-25;/h4-7,14-15,22H,3,8-13H2,1-2H3,(H,23,27);1H. The van der Waals surface area contributed by atoms with Crippen LogP contribution in [0.25, 0.3) is 5.69 Å². The second-order valence-corrected chi connectivity index (χ2v) is 7.19. The van der Waals surface area contributed by atoms with Gasteiger partial charge in [0.1, 0.15) is 5.82 Å². The molecule has 0 atom stereocenters. The number of benzene rings is 1. The minimum absolute atomic E-state index is 0. The lowest BCUT2D eigenvalue weighted by molar-refractivity contribution is 0.0950. The van der Waals surface area contributed by atoms with Crippen molar-refractivity contribution < 1.29 is 9.18 Å². The monoisotopic (exact) mass is 409 g/mol. The first-order chi connectivity index (χ1) is 13.1. The Morgan fingerprint density at radius 2 is 1.93 bits per heavy atom. The molecule has 1 aromatic carbocycles. The van der Waals surface area contributed by atoms with Gasteiger partial charge in [0.25, 0.3) is 5.91 Å². The topological polar surface area (TPSA) is 62.2 Å². The van der Waals surface area contributed by atoms with Crippen LogP contribution in [-0.4, -0.2) is 59.9 Å². The number of nitrogens with zero attached hydrogens (tertiary/aromatic N) is 3. The van der Waals surface area contributed by atoms with Crippen LogP contribution in [0.3, 0.4) is 0 Å². The molecule has 8 heteroatoms. The van der Waals surface area contributed by atoms with Crippen LogP contribution in [0.2, 0.25) is 0 Å². The lowest BCUT2D eigenvalue weighted by Crippen LogP contribution is -2.44. The Balaban J connectivity index is 0.00000280. The summed E-state index contributed by atoms with van der Waals surface area (Å²) in [6, 6.07) is 6.14. The molecule has 2 heterocycles. The first-order valence-electron chi connectivity index (χ1n) is 9.61. The van der Waals surface area contributed by atoms with Gasteiger partial charge in [0.2, 0.25) is 0 Å². The summed E-state index contributed by atoms with van der Waals surface area (Å²) in [4.78, 5) is 15.1. The minimum Gasteiger partial charge on any atom is -0.352 e. The molecule has 0 radical (unpaired) electrons. The van der Waals surface area contributed by atoms with Crippen molar-refractivity contribution >= 4 is 18.3 Å². The lowest BCUT2D eigenvalue weighted by Gasteiger charge is -2.27. The SMILES string of the molecule is CC(C)c1c(C(=O)NCCCN2CCNCC2)cnn1-c1ccc(F)cc1.Cl. The molecule has 1 amide bonds. The number of hydrogen-bond acceptors (Lipinski definition) is 4. The van der Waals surface area contributed by atoms with Crippen LogP contribution in [-0.2, 0) is 0 Å². The molecule has 0 bridgehead atoms. The summed E-state index contributed by atoms with van der Waals surface area (Å²) < 4.78 is 14.9. The molecule has 1 aliphatic rings. The molecule has 1 aliphatic heterocycles. The fraction of sp³-hybridized carbons (Fsp3) is 0.500. The Morgan fingerprint density at radius 3 is 2.57 bits per heavy atom. The van der Waals surface area contributed by atoms with Crippen molar-refractivity contribution in [2.24, 2.45) is 0 Å². The second kappa shape index (κ2) is 10.5. The summed E-state index contributed by atoms with van der Waals surface area (Å²) in [5.74, 6) is -0.286. The van der Waals surface area contributed by atoms with Gasteiger partial charge in [-0.2, -0.15) is 5.10 Å². The predicted octanol–water partition coefficient (Wildman–Crippen LogP) is 2.58. The number of halogens is 2. The van der Waals surface area contributed by atoms with Crippen LogP contribution in [0.4, 0.5) is 4.39 Å². The molecule has 1 saturated heterocycles. The maximum Gasteiger partial charge on any atom is 0.254 e. The number of carbonyl (C=O) groups is 1. The summed E-state index contributed by atoms with van der Waals surface area (Å²) in [5.41, 5.74) is 2.16. The third-order valence-electron chi connectivity index (χ3n) is 4.82. The van der Waals surface area contributed by atoms with Gasteiger partial charge in [-0.15, -0.1) is 12.4 Å². The van der Waals surface area contributed by atoms with E-state index >= 15 is 0 Å². The van der Waals surface area contributed by atoms with Gasteiger partial charge in [-0.3, -0.25) is 4.79 Å². The van der Waals surface area contributed by atoms with Crippen molar-refractivity contribution in [1.29, 1.82) is 0 Å². The fourth-order valence-electron chi connectivity index (χ4n) is 3.41. The van der Waals surface area contributed by atoms with E-state index in [9.17, 15) is 9.18 Å². The molecule has 0 aliphatic carbocycles. The highest BCUT2D eigenvalue weighted by Crippen LogP contribution is 2.23. The molecule has 28 heavy (non-hydrogen) atoms. The van der Waals surface area contributed by atoms with Gasteiger partial charge >= 0.3 is 0 Å². The average molecular weight is 410 g/mol. The zero-order chi connectivity index (χ0) is 19.2. The van der Waals surface area contributed by atoms with E-state index in [1.807, 2.05) is 13.8 Å². The van der Waals surface area contributed by atoms with Gasteiger partial charge in [-0.05, 0) is 43.1 Å². The molecule has 2 aromatic rings. The number of rotatable bonds is 7. The zero-order valence-corrected chi connectivity index (χ0v) is 17.3. The van der Waals surface area contributed by atoms with Gasteiger partial charge in [0.15, 0.2) is 0 Å². The van der Waals surface area contributed by atoms with Gasteiger partial charge in [0.05, 0.1) is 23.1 Å². The molecule has 0 spiro atoms. The molecular weight excluding hydrogens is 381 g/mol. The highest BCUT2D eigenvalue weighted by atomic mass is 35.5. The maximum absolute atomic E-state index is 13.2. The Morgan fingerprint density at radius 1 is 1.25 bits per heavy atom. The van der Waals surface area contributed by atoms with Crippen LogP contribution in [0.1, 0.15) is 42.2 Å². The van der Waals surface area contributed by atoms with E-state index in [1.54, 1.807) is 23.0 Å². The van der Waals surface area contributed by atoms with Crippen LogP contribution < -0.4 is 10.6 Å². The first-order valence-corrected chi connectivity index (χ1v) is 9.61. The van der Waals surface area contributed by atoms with Crippen molar-refractivity contribution in [1.82, 2.24) is 25.3 Å². The average Bonchev–Trinajstić information content (AvgIpc) is 3.12. The maximum atomic E-state index is 13.2.